The summed E-state index contributed by atoms with van der Waals surface area (Å²) >= 11 is 0.986. The predicted octanol–water partition coefficient (Wildman–Crippen LogP) is -0.502. The Kier molecular flexibility index (Phi) is 2.09. The maximum Gasteiger partial charge on any atom is 0.247 e. The van der Waals surface area contributed by atoms with Crippen LogP contribution in [0.4, 0.5) is 0 Å². The molecule has 0 saturated heterocycles. The van der Waals surface area contributed by atoms with Gasteiger partial charge in [0.2, 0.25) is 10.0 Å². The molecule has 6 heteroatoms. The van der Waals surface area contributed by atoms with Crippen molar-refractivity contribution in [2.45, 2.75) is 11.1 Å². The lowest BCUT2D eigenvalue weighted by atomic mass is 10.0. The normalized spacial score (nSPS) is 11.8. The van der Waals surface area contributed by atoms with Gasteiger partial charge in [0.15, 0.2) is 0 Å². The Bertz CT molecular complexity index is 348. The highest BCUT2D eigenvalue weighted by molar-refractivity contribution is 7.91. The van der Waals surface area contributed by atoms with Crippen molar-refractivity contribution in [1.82, 2.24) is 0 Å². The summed E-state index contributed by atoms with van der Waals surface area (Å²) in [7, 11) is 1.87. The highest BCUT2D eigenvalue weighted by Crippen LogP contribution is 2.14. The monoisotopic (exact) mass is 187 g/mol. The van der Waals surface area contributed by atoms with Crippen LogP contribution in [-0.2, 0) is 10.0 Å². The number of aryl methyl sites for hydroxylation is 1. The van der Waals surface area contributed by atoms with Crippen molar-refractivity contribution in [2.24, 2.45) is 5.14 Å². The molecule has 0 fully saturated rings. The van der Waals surface area contributed by atoms with E-state index in [-0.39, 0.29) is 4.21 Å². The van der Waals surface area contributed by atoms with E-state index in [1.165, 1.54) is 6.07 Å². The van der Waals surface area contributed by atoms with Gasteiger partial charge in [-0.15, -0.1) is 11.3 Å². The van der Waals surface area contributed by atoms with Crippen molar-refractivity contribution in [2.75, 3.05) is 0 Å². The van der Waals surface area contributed by atoms with Gasteiger partial charge in [0, 0.05) is 0 Å². The minimum absolute atomic E-state index is 0.118. The summed E-state index contributed by atoms with van der Waals surface area (Å²) in [4.78, 5) is 0. The molecule has 0 bridgehead atoms. The summed E-state index contributed by atoms with van der Waals surface area (Å²) in [5, 5.41) is 4.87. The van der Waals surface area contributed by atoms with E-state index >= 15 is 0 Å². The maximum atomic E-state index is 10.7. The predicted molar refractivity (Wildman–Crippen MR) is 45.8 cm³/mol. The van der Waals surface area contributed by atoms with Crippen LogP contribution in [0.25, 0.3) is 0 Å². The molecule has 1 heterocycles. The van der Waals surface area contributed by atoms with Gasteiger partial charge in [0.05, 0.1) is 0 Å². The molecule has 0 aliphatic carbocycles. The van der Waals surface area contributed by atoms with Crippen LogP contribution in [-0.4, -0.2) is 16.3 Å². The summed E-state index contributed by atoms with van der Waals surface area (Å²) in [5.41, 5.74) is 0.749. The lowest BCUT2D eigenvalue weighted by Crippen LogP contribution is -2.10. The van der Waals surface area contributed by atoms with Gasteiger partial charge in [0.1, 0.15) is 12.1 Å². The van der Waals surface area contributed by atoms with Gasteiger partial charge in [-0.05, 0) is 23.3 Å². The molecule has 3 nitrogen and oxygen atoms in total. The maximum absolute atomic E-state index is 10.7. The molecule has 0 aliphatic heterocycles. The van der Waals surface area contributed by atoms with Gasteiger partial charge >= 0.3 is 0 Å². The SMILES string of the molecule is [B]c1sc(S(N)(=O)=O)cc1C. The molecule has 58 valence electrons. The van der Waals surface area contributed by atoms with Crippen molar-refractivity contribution in [3.63, 3.8) is 0 Å². The Morgan fingerprint density at radius 3 is 2.36 bits per heavy atom. The van der Waals surface area contributed by atoms with Gasteiger partial charge in [0.25, 0.3) is 0 Å². The lowest BCUT2D eigenvalue weighted by molar-refractivity contribution is 0.599. The zero-order chi connectivity index (χ0) is 8.65. The first kappa shape index (κ1) is 8.77. The Labute approximate surface area is 70.7 Å². The Balaban J connectivity index is 3.29. The minimum atomic E-state index is -3.57. The number of thiophene rings is 1. The van der Waals surface area contributed by atoms with Gasteiger partial charge in [-0.3, -0.25) is 0 Å². The Morgan fingerprint density at radius 2 is 2.18 bits per heavy atom. The van der Waals surface area contributed by atoms with Crippen LogP contribution in [0, 0.1) is 6.92 Å². The second-order valence-corrected chi connectivity index (χ2v) is 5.03. The molecular weight excluding hydrogens is 181 g/mol. The van der Waals surface area contributed by atoms with Crippen LogP contribution in [0.15, 0.2) is 10.3 Å². The molecule has 11 heavy (non-hydrogen) atoms. The molecule has 1 rings (SSSR count). The minimum Gasteiger partial charge on any atom is -0.224 e. The van der Waals surface area contributed by atoms with Gasteiger partial charge in [-0.25, -0.2) is 13.6 Å². The summed E-state index contributed by atoms with van der Waals surface area (Å²) in [6.07, 6.45) is 0. The summed E-state index contributed by atoms with van der Waals surface area (Å²) in [5.74, 6) is 0. The lowest BCUT2D eigenvalue weighted by Gasteiger charge is -1.87. The summed E-state index contributed by atoms with van der Waals surface area (Å²) in [6, 6.07) is 1.47. The molecule has 0 spiro atoms. The highest BCUT2D eigenvalue weighted by Gasteiger charge is 2.11. The third-order valence-electron chi connectivity index (χ3n) is 1.21. The zero-order valence-electron chi connectivity index (χ0n) is 5.87. The molecule has 0 unspecified atom stereocenters. The van der Waals surface area contributed by atoms with Crippen LogP contribution in [0.3, 0.4) is 0 Å². The highest BCUT2D eigenvalue weighted by atomic mass is 32.2. The van der Waals surface area contributed by atoms with E-state index in [1.54, 1.807) is 6.92 Å². The Hall–Kier alpha value is -0.325. The third kappa shape index (κ3) is 1.82. The van der Waals surface area contributed by atoms with Crippen molar-refractivity contribution < 1.29 is 8.42 Å². The fraction of sp³-hybridized carbons (Fsp3) is 0.200. The van der Waals surface area contributed by atoms with Crippen LogP contribution >= 0.6 is 11.3 Å². The van der Waals surface area contributed by atoms with Gasteiger partial charge < -0.3 is 0 Å². The second-order valence-electron chi connectivity index (χ2n) is 2.16. The molecule has 2 N–H and O–H groups in total. The Morgan fingerprint density at radius 1 is 1.64 bits per heavy atom. The van der Waals surface area contributed by atoms with Crippen molar-refractivity contribution >= 4 is 34.0 Å². The number of hydrogen-bond acceptors (Lipinski definition) is 3. The van der Waals surface area contributed by atoms with E-state index in [0.717, 1.165) is 16.9 Å². The zero-order valence-corrected chi connectivity index (χ0v) is 7.50. The molecule has 0 aromatic carbocycles. The number of rotatable bonds is 1. The fourth-order valence-corrected chi connectivity index (χ4v) is 2.35. The number of nitrogens with two attached hydrogens (primary N) is 1. The van der Waals surface area contributed by atoms with Crippen LogP contribution < -0.4 is 9.92 Å². The molecule has 0 aliphatic rings. The molecule has 0 atom stereocenters. The molecule has 2 radical (unpaired) electrons. The molecular formula is C5H6BNO2S2. The third-order valence-corrected chi connectivity index (χ3v) is 3.70. The van der Waals surface area contributed by atoms with Crippen molar-refractivity contribution in [3.05, 3.63) is 11.6 Å². The van der Waals surface area contributed by atoms with Gasteiger partial charge in [-0.2, -0.15) is 0 Å². The van der Waals surface area contributed by atoms with Crippen LogP contribution in [0.1, 0.15) is 5.56 Å². The summed E-state index contributed by atoms with van der Waals surface area (Å²) in [6.45, 7) is 1.74. The molecule has 0 saturated carbocycles. The molecule has 0 amide bonds. The number of primary sulfonamides is 1. The van der Waals surface area contributed by atoms with E-state index in [2.05, 4.69) is 0 Å². The van der Waals surface area contributed by atoms with E-state index in [4.69, 9.17) is 13.0 Å². The van der Waals surface area contributed by atoms with Crippen molar-refractivity contribution in [3.8, 4) is 0 Å². The molecule has 1 aromatic heterocycles. The average molecular weight is 187 g/mol. The largest absolute Gasteiger partial charge is 0.247 e. The smallest absolute Gasteiger partial charge is 0.224 e. The average Bonchev–Trinajstić information content (AvgIpc) is 2.11. The summed E-state index contributed by atoms with van der Waals surface area (Å²) < 4.78 is 22.1. The number of sulfonamides is 1. The van der Waals surface area contributed by atoms with E-state index in [9.17, 15) is 8.42 Å². The first-order valence-corrected chi connectivity index (χ1v) is 5.16. The quantitative estimate of drug-likeness (QED) is 0.602. The van der Waals surface area contributed by atoms with Crippen LogP contribution in [0.2, 0.25) is 0 Å². The van der Waals surface area contributed by atoms with Crippen molar-refractivity contribution in [1.29, 1.82) is 0 Å². The second kappa shape index (κ2) is 2.62. The first-order valence-electron chi connectivity index (χ1n) is 2.80. The fourth-order valence-electron chi connectivity index (χ4n) is 0.606. The van der Waals surface area contributed by atoms with E-state index in [1.807, 2.05) is 0 Å². The van der Waals surface area contributed by atoms with Crippen LogP contribution in [0.5, 0.6) is 0 Å². The topological polar surface area (TPSA) is 60.2 Å². The van der Waals surface area contributed by atoms with E-state index in [0.29, 0.717) is 4.78 Å². The molecule has 1 aromatic rings. The van der Waals surface area contributed by atoms with E-state index < -0.39 is 10.0 Å². The van der Waals surface area contributed by atoms with Gasteiger partial charge in [-0.1, -0.05) is 0 Å². The first-order chi connectivity index (χ1) is 4.91. The standard InChI is InChI=1S/C5H6BNO2S2/c1-3-2-4(10-5(3)6)11(7,8)9/h2H,1H3,(H2,7,8,9). The number of hydrogen-bond donors (Lipinski definition) is 1.